The first-order valence-corrected chi connectivity index (χ1v) is 8.46. The molecule has 0 bridgehead atoms. The van der Waals surface area contributed by atoms with Gasteiger partial charge < -0.3 is 4.89 Å². The van der Waals surface area contributed by atoms with Crippen LogP contribution >= 0.6 is 7.37 Å². The molecule has 0 atom stereocenters. The zero-order valence-electron chi connectivity index (χ0n) is 10.9. The van der Waals surface area contributed by atoms with E-state index in [1.165, 1.54) is 25.7 Å². The van der Waals surface area contributed by atoms with Gasteiger partial charge in [0.15, 0.2) is 0 Å². The van der Waals surface area contributed by atoms with Crippen molar-refractivity contribution in [1.29, 1.82) is 0 Å². The molecule has 1 N–H and O–H groups in total. The summed E-state index contributed by atoms with van der Waals surface area (Å²) >= 11 is 0. The monoisotopic (exact) mass is 376 g/mol. The average molecular weight is 379 g/mol. The van der Waals surface area contributed by atoms with Gasteiger partial charge in [-0.25, -0.2) is 0 Å². The normalized spacial score (nSPS) is 11.2. The van der Waals surface area contributed by atoms with Gasteiger partial charge in [-0.15, -0.1) is 0 Å². The zero-order valence-corrected chi connectivity index (χ0v) is 15.0. The maximum Gasteiger partial charge on any atom is 0.200 e. The second kappa shape index (κ2) is 13.0. The maximum absolute atomic E-state index is 11.7. The van der Waals surface area contributed by atoms with Gasteiger partial charge in [-0.1, -0.05) is 52.4 Å². The predicted octanol–water partition coefficient (Wildman–Crippen LogP) is 4.42. The van der Waals surface area contributed by atoms with E-state index in [1.54, 1.807) is 0 Å². The van der Waals surface area contributed by atoms with E-state index in [9.17, 15) is 9.46 Å². The van der Waals surface area contributed by atoms with Crippen LogP contribution in [0.3, 0.4) is 0 Å². The second-order valence-electron chi connectivity index (χ2n) is 4.41. The van der Waals surface area contributed by atoms with Crippen LogP contribution in [0, 0.1) is 40.8 Å². The molecule has 16 heavy (non-hydrogen) atoms. The summed E-state index contributed by atoms with van der Waals surface area (Å²) in [5.74, 6) is 0. The van der Waals surface area contributed by atoms with Gasteiger partial charge >= 0.3 is 0 Å². The van der Waals surface area contributed by atoms with Gasteiger partial charge in [0.25, 0.3) is 0 Å². The minimum Gasteiger partial charge on any atom is -0.344 e. The van der Waals surface area contributed by atoms with E-state index < -0.39 is 7.37 Å². The fourth-order valence-electron chi connectivity index (χ4n) is 1.68. The topological polar surface area (TPSA) is 37.3 Å². The molecule has 4 heteroatoms. The van der Waals surface area contributed by atoms with Gasteiger partial charge in [0.05, 0.1) is 0 Å². The predicted molar refractivity (Wildman–Crippen MR) is 67.8 cm³/mol. The van der Waals surface area contributed by atoms with Crippen molar-refractivity contribution >= 4 is 7.37 Å². The summed E-state index contributed by atoms with van der Waals surface area (Å²) in [6.45, 7) is 4.31. The van der Waals surface area contributed by atoms with Gasteiger partial charge in [-0.05, 0) is 12.8 Å². The largest absolute Gasteiger partial charge is 0.344 e. The Kier molecular flexibility index (Phi) is 16.1. The molecule has 0 unspecified atom stereocenters. The number of hydrogen-bond acceptors (Lipinski definition) is 1. The molecular weight excluding hydrogens is 351 g/mol. The molecule has 0 amide bonds. The van der Waals surface area contributed by atoms with Crippen LogP contribution in [0.2, 0.25) is 0 Å². The van der Waals surface area contributed by atoms with Gasteiger partial charge in [-0.2, -0.15) is 0 Å². The summed E-state index contributed by atoms with van der Waals surface area (Å²) < 4.78 is 11.7. The Morgan fingerprint density at radius 3 is 1.50 bits per heavy atom. The fourth-order valence-corrected chi connectivity index (χ4v) is 3.34. The van der Waals surface area contributed by atoms with Crippen LogP contribution in [-0.2, 0) is 4.57 Å². The molecule has 0 aromatic heterocycles. The fraction of sp³-hybridized carbons (Fsp3) is 1.00. The molecule has 0 rings (SSSR count). The standard InChI is InChI=1S/C12H27O2P.Nd/c1-3-5-7-9-11-15(13,14)12-10-8-6-4-2;/h3-12H2,1-2H3,(H,13,14);. The van der Waals surface area contributed by atoms with Crippen molar-refractivity contribution < 1.29 is 50.3 Å². The van der Waals surface area contributed by atoms with Crippen LogP contribution in [0.1, 0.15) is 65.2 Å². The van der Waals surface area contributed by atoms with Crippen molar-refractivity contribution in [3.63, 3.8) is 0 Å². The Bertz CT molecular complexity index is 170. The Morgan fingerprint density at radius 2 is 1.19 bits per heavy atom. The van der Waals surface area contributed by atoms with Crippen LogP contribution in [-0.4, -0.2) is 17.2 Å². The smallest absolute Gasteiger partial charge is 0.200 e. The van der Waals surface area contributed by atoms with E-state index in [4.69, 9.17) is 0 Å². The maximum atomic E-state index is 11.7. The van der Waals surface area contributed by atoms with Crippen LogP contribution in [0.4, 0.5) is 0 Å². The van der Waals surface area contributed by atoms with Gasteiger partial charge in [0.1, 0.15) is 0 Å². The van der Waals surface area contributed by atoms with E-state index in [-0.39, 0.29) is 40.8 Å². The summed E-state index contributed by atoms with van der Waals surface area (Å²) in [5, 5.41) is 0. The molecule has 0 fully saturated rings. The van der Waals surface area contributed by atoms with Gasteiger partial charge in [0, 0.05) is 53.2 Å². The Labute approximate surface area is 134 Å². The Balaban J connectivity index is 0. The Hall–Kier alpha value is 1.54. The van der Waals surface area contributed by atoms with Crippen LogP contribution in [0.5, 0.6) is 0 Å². The minimum absolute atomic E-state index is 0. The van der Waals surface area contributed by atoms with Crippen LogP contribution in [0.15, 0.2) is 0 Å². The van der Waals surface area contributed by atoms with Crippen molar-refractivity contribution in [2.45, 2.75) is 65.2 Å². The van der Waals surface area contributed by atoms with E-state index in [1.807, 2.05) is 0 Å². The summed E-state index contributed by atoms with van der Waals surface area (Å²) in [7, 11) is -2.77. The quantitative estimate of drug-likeness (QED) is 0.451. The molecule has 0 aliphatic heterocycles. The summed E-state index contributed by atoms with van der Waals surface area (Å²) in [6, 6.07) is 0. The Morgan fingerprint density at radius 1 is 0.812 bits per heavy atom. The zero-order chi connectivity index (χ0) is 11.6. The third kappa shape index (κ3) is 13.6. The third-order valence-electron chi connectivity index (χ3n) is 2.72. The molecule has 0 spiro atoms. The number of unbranched alkanes of at least 4 members (excludes halogenated alkanes) is 6. The number of rotatable bonds is 10. The van der Waals surface area contributed by atoms with Gasteiger partial charge in [-0.3, -0.25) is 4.57 Å². The molecule has 2 nitrogen and oxygen atoms in total. The molecule has 0 aromatic rings. The summed E-state index contributed by atoms with van der Waals surface area (Å²) in [5.41, 5.74) is 0. The van der Waals surface area contributed by atoms with Crippen LogP contribution < -0.4 is 0 Å². The van der Waals surface area contributed by atoms with E-state index in [0.29, 0.717) is 12.3 Å². The number of hydrogen-bond donors (Lipinski definition) is 1. The van der Waals surface area contributed by atoms with Crippen molar-refractivity contribution in [3.05, 3.63) is 0 Å². The first kappa shape index (κ1) is 19.9. The SMILES string of the molecule is CCCCCCP(=O)(O)CCCCCC.[Nd]. The molecule has 0 saturated heterocycles. The molecule has 0 radical (unpaired) electrons. The summed E-state index contributed by atoms with van der Waals surface area (Å²) in [6.07, 6.45) is 9.90. The molecule has 0 aliphatic carbocycles. The molecule has 0 aliphatic rings. The third-order valence-corrected chi connectivity index (χ3v) is 4.75. The molecule has 96 valence electrons. The molecule has 0 heterocycles. The van der Waals surface area contributed by atoms with Crippen LogP contribution in [0.25, 0.3) is 0 Å². The average Bonchev–Trinajstić information content (AvgIpc) is 2.20. The first-order chi connectivity index (χ1) is 7.12. The van der Waals surface area contributed by atoms with E-state index in [2.05, 4.69) is 13.8 Å². The van der Waals surface area contributed by atoms with Crippen molar-refractivity contribution in [2.24, 2.45) is 0 Å². The van der Waals surface area contributed by atoms with Crippen molar-refractivity contribution in [2.75, 3.05) is 12.3 Å². The van der Waals surface area contributed by atoms with Gasteiger partial charge in [0.2, 0.25) is 7.37 Å². The van der Waals surface area contributed by atoms with Crippen molar-refractivity contribution in [1.82, 2.24) is 0 Å². The minimum atomic E-state index is -2.77. The summed E-state index contributed by atoms with van der Waals surface area (Å²) in [4.78, 5) is 9.67. The van der Waals surface area contributed by atoms with Crippen molar-refractivity contribution in [3.8, 4) is 0 Å². The first-order valence-electron chi connectivity index (χ1n) is 6.43. The molecule has 0 saturated carbocycles. The van der Waals surface area contributed by atoms with E-state index >= 15 is 0 Å². The molecular formula is C12H27NdO2P. The van der Waals surface area contributed by atoms with E-state index in [0.717, 1.165) is 25.7 Å². The molecule has 0 aromatic carbocycles. The second-order valence-corrected chi connectivity index (χ2v) is 7.00.